The highest BCUT2D eigenvalue weighted by Gasteiger charge is 2.19. The third-order valence-electron chi connectivity index (χ3n) is 4.86. The molecule has 1 aromatic rings. The third kappa shape index (κ3) is 3.34. The van der Waals surface area contributed by atoms with Crippen LogP contribution in [-0.2, 0) is 6.42 Å². The molecule has 0 spiro atoms. The van der Waals surface area contributed by atoms with Gasteiger partial charge in [0.15, 0.2) is 5.78 Å². The molecule has 1 heterocycles. The Morgan fingerprint density at radius 3 is 2.81 bits per heavy atom. The minimum atomic E-state index is -0.0434. The van der Waals surface area contributed by atoms with Gasteiger partial charge in [-0.2, -0.15) is 0 Å². The quantitative estimate of drug-likeness (QED) is 0.860. The van der Waals surface area contributed by atoms with Crippen LogP contribution in [0, 0.1) is 5.92 Å². The average molecular weight is 285 g/mol. The number of carbonyl (C=O) groups is 2. The lowest BCUT2D eigenvalue weighted by Crippen LogP contribution is -2.32. The molecule has 1 N–H and O–H groups in total. The molecule has 1 aliphatic heterocycles. The first-order valence-electron chi connectivity index (χ1n) is 8.18. The van der Waals surface area contributed by atoms with Crippen molar-refractivity contribution >= 4 is 11.7 Å². The van der Waals surface area contributed by atoms with E-state index in [1.807, 2.05) is 12.1 Å². The van der Waals surface area contributed by atoms with Gasteiger partial charge in [0.25, 0.3) is 5.91 Å². The van der Waals surface area contributed by atoms with Gasteiger partial charge >= 0.3 is 0 Å². The zero-order chi connectivity index (χ0) is 14.7. The number of carbonyl (C=O) groups excluding carboxylic acids is 2. The fraction of sp³-hybridized carbons (Fsp3) is 0.556. The Morgan fingerprint density at radius 2 is 2.00 bits per heavy atom. The molecule has 0 atom stereocenters. The lowest BCUT2D eigenvalue weighted by atomic mass is 9.85. The van der Waals surface area contributed by atoms with Crippen LogP contribution in [0.3, 0.4) is 0 Å². The number of Topliss-reactive ketones (excluding diaryl/α,β-unsaturated/α-hetero) is 1. The van der Waals surface area contributed by atoms with Crippen LogP contribution in [0.2, 0.25) is 0 Å². The third-order valence-corrected chi connectivity index (χ3v) is 4.86. The Bertz CT molecular complexity index is 544. The number of nitrogens with one attached hydrogen (secondary N) is 1. The van der Waals surface area contributed by atoms with Crippen LogP contribution < -0.4 is 5.32 Å². The van der Waals surface area contributed by atoms with Crippen molar-refractivity contribution < 1.29 is 9.59 Å². The fourth-order valence-corrected chi connectivity index (χ4v) is 3.54. The standard InChI is InChI=1S/C18H23NO2/c20-17(9-6-13-4-2-1-3-5-13)15-8-7-14-10-11-19-18(21)16(14)12-15/h7-8,12-13H,1-6,9-11H2,(H,19,21). The van der Waals surface area contributed by atoms with Crippen molar-refractivity contribution in [2.75, 3.05) is 6.54 Å². The second-order valence-corrected chi connectivity index (χ2v) is 6.34. The molecular formula is C18H23NO2. The second-order valence-electron chi connectivity index (χ2n) is 6.34. The van der Waals surface area contributed by atoms with Gasteiger partial charge in [-0.3, -0.25) is 9.59 Å². The van der Waals surface area contributed by atoms with Crippen LogP contribution >= 0.6 is 0 Å². The maximum Gasteiger partial charge on any atom is 0.251 e. The van der Waals surface area contributed by atoms with E-state index in [1.54, 1.807) is 6.07 Å². The minimum absolute atomic E-state index is 0.0434. The molecular weight excluding hydrogens is 262 g/mol. The highest BCUT2D eigenvalue weighted by molar-refractivity contribution is 6.02. The Hall–Kier alpha value is -1.64. The summed E-state index contributed by atoms with van der Waals surface area (Å²) in [6.45, 7) is 0.695. The molecule has 3 heteroatoms. The molecule has 112 valence electrons. The molecule has 1 aromatic carbocycles. The van der Waals surface area contributed by atoms with Gasteiger partial charge in [-0.15, -0.1) is 0 Å². The van der Waals surface area contributed by atoms with E-state index in [0.717, 1.165) is 24.3 Å². The number of amides is 1. The average Bonchev–Trinajstić information content (AvgIpc) is 2.54. The Morgan fingerprint density at radius 1 is 1.19 bits per heavy atom. The van der Waals surface area contributed by atoms with Gasteiger partial charge in [-0.1, -0.05) is 44.2 Å². The summed E-state index contributed by atoms with van der Waals surface area (Å²) in [6.07, 6.45) is 9.02. The van der Waals surface area contributed by atoms with Crippen molar-refractivity contribution in [3.8, 4) is 0 Å². The first kappa shape index (κ1) is 14.3. The van der Waals surface area contributed by atoms with Gasteiger partial charge in [-0.25, -0.2) is 0 Å². The van der Waals surface area contributed by atoms with Crippen LogP contribution in [-0.4, -0.2) is 18.2 Å². The molecule has 1 saturated carbocycles. The maximum absolute atomic E-state index is 12.3. The number of hydrogen-bond acceptors (Lipinski definition) is 2. The van der Waals surface area contributed by atoms with E-state index in [-0.39, 0.29) is 11.7 Å². The van der Waals surface area contributed by atoms with Crippen molar-refractivity contribution in [1.82, 2.24) is 5.32 Å². The Labute approximate surface area is 126 Å². The molecule has 0 bridgehead atoms. The SMILES string of the molecule is O=C(CCC1CCCCC1)c1ccc2c(c1)C(=O)NCC2. The Kier molecular flexibility index (Phi) is 4.37. The monoisotopic (exact) mass is 285 g/mol. The topological polar surface area (TPSA) is 46.2 Å². The highest BCUT2D eigenvalue weighted by Crippen LogP contribution is 2.28. The van der Waals surface area contributed by atoms with Crippen molar-refractivity contribution in [3.05, 3.63) is 34.9 Å². The van der Waals surface area contributed by atoms with Crippen molar-refractivity contribution in [2.45, 2.75) is 51.4 Å². The molecule has 2 aliphatic rings. The van der Waals surface area contributed by atoms with Crippen LogP contribution in [0.1, 0.15) is 71.2 Å². The van der Waals surface area contributed by atoms with Crippen molar-refractivity contribution in [3.63, 3.8) is 0 Å². The van der Waals surface area contributed by atoms with E-state index >= 15 is 0 Å². The van der Waals surface area contributed by atoms with Gasteiger partial charge in [0, 0.05) is 24.1 Å². The van der Waals surface area contributed by atoms with E-state index < -0.39 is 0 Å². The molecule has 0 aromatic heterocycles. The lowest BCUT2D eigenvalue weighted by molar-refractivity contribution is 0.0946. The van der Waals surface area contributed by atoms with E-state index in [0.29, 0.717) is 24.1 Å². The molecule has 0 saturated heterocycles. The summed E-state index contributed by atoms with van der Waals surface area (Å²) < 4.78 is 0. The van der Waals surface area contributed by atoms with Gasteiger partial charge in [0.05, 0.1) is 0 Å². The minimum Gasteiger partial charge on any atom is -0.352 e. The maximum atomic E-state index is 12.3. The molecule has 3 nitrogen and oxygen atoms in total. The molecule has 1 fully saturated rings. The number of hydrogen-bond donors (Lipinski definition) is 1. The zero-order valence-corrected chi connectivity index (χ0v) is 12.5. The number of ketones is 1. The van der Waals surface area contributed by atoms with Gasteiger partial charge in [0.1, 0.15) is 0 Å². The predicted molar refractivity (Wildman–Crippen MR) is 82.6 cm³/mol. The van der Waals surface area contributed by atoms with Gasteiger partial charge in [0.2, 0.25) is 0 Å². The normalized spacial score (nSPS) is 19.0. The van der Waals surface area contributed by atoms with E-state index in [2.05, 4.69) is 5.32 Å². The summed E-state index contributed by atoms with van der Waals surface area (Å²) in [5.74, 6) is 0.864. The first-order valence-corrected chi connectivity index (χ1v) is 8.18. The van der Waals surface area contributed by atoms with Crippen molar-refractivity contribution in [2.24, 2.45) is 5.92 Å². The molecule has 1 amide bonds. The van der Waals surface area contributed by atoms with Crippen LogP contribution in [0.4, 0.5) is 0 Å². The van der Waals surface area contributed by atoms with E-state index in [9.17, 15) is 9.59 Å². The highest BCUT2D eigenvalue weighted by atomic mass is 16.1. The summed E-state index contributed by atoms with van der Waals surface area (Å²) in [5, 5.41) is 2.84. The molecule has 3 rings (SSSR count). The summed E-state index contributed by atoms with van der Waals surface area (Å²) >= 11 is 0. The number of benzene rings is 1. The van der Waals surface area contributed by atoms with Crippen LogP contribution in [0.5, 0.6) is 0 Å². The number of fused-ring (bicyclic) bond motifs is 1. The van der Waals surface area contributed by atoms with E-state index in [1.165, 1.54) is 32.1 Å². The largest absolute Gasteiger partial charge is 0.352 e. The van der Waals surface area contributed by atoms with Crippen LogP contribution in [0.15, 0.2) is 18.2 Å². The fourth-order valence-electron chi connectivity index (χ4n) is 3.54. The molecule has 21 heavy (non-hydrogen) atoms. The zero-order valence-electron chi connectivity index (χ0n) is 12.5. The number of rotatable bonds is 4. The summed E-state index contributed by atoms with van der Waals surface area (Å²) in [4.78, 5) is 24.2. The predicted octanol–water partition coefficient (Wildman–Crippen LogP) is 3.52. The molecule has 0 radical (unpaired) electrons. The smallest absolute Gasteiger partial charge is 0.251 e. The first-order chi connectivity index (χ1) is 10.2. The van der Waals surface area contributed by atoms with Crippen LogP contribution in [0.25, 0.3) is 0 Å². The molecule has 1 aliphatic carbocycles. The summed E-state index contributed by atoms with van der Waals surface area (Å²) in [5.41, 5.74) is 2.44. The lowest BCUT2D eigenvalue weighted by Gasteiger charge is -2.21. The second kappa shape index (κ2) is 6.42. The van der Waals surface area contributed by atoms with E-state index in [4.69, 9.17) is 0 Å². The Balaban J connectivity index is 1.64. The summed E-state index contributed by atoms with van der Waals surface area (Å²) in [6, 6.07) is 5.62. The van der Waals surface area contributed by atoms with Gasteiger partial charge in [-0.05, 0) is 30.4 Å². The van der Waals surface area contributed by atoms with Crippen molar-refractivity contribution in [1.29, 1.82) is 0 Å². The summed E-state index contributed by atoms with van der Waals surface area (Å²) in [7, 11) is 0. The van der Waals surface area contributed by atoms with Gasteiger partial charge < -0.3 is 5.32 Å². The molecule has 0 unspecified atom stereocenters.